The summed E-state index contributed by atoms with van der Waals surface area (Å²) in [5, 5.41) is 3.70. The van der Waals surface area contributed by atoms with E-state index >= 15 is 0 Å². The first-order valence-electron chi connectivity index (χ1n) is 12.8. The third-order valence-corrected chi connectivity index (χ3v) is 6.81. The smallest absolute Gasteiger partial charge is 0.166 e. The molecule has 3 aromatic carbocycles. The molecule has 192 valence electrons. The highest BCUT2D eigenvalue weighted by Crippen LogP contribution is 2.42. The Labute approximate surface area is 215 Å². The fourth-order valence-electron chi connectivity index (χ4n) is 4.74. The van der Waals surface area contributed by atoms with E-state index in [0.717, 1.165) is 66.7 Å². The molecule has 0 amide bonds. The first kappa shape index (κ1) is 25.9. The van der Waals surface area contributed by atoms with Crippen molar-refractivity contribution in [1.29, 1.82) is 0 Å². The lowest BCUT2D eigenvalue weighted by Crippen LogP contribution is -2.31. The van der Waals surface area contributed by atoms with Crippen LogP contribution in [-0.4, -0.2) is 51.9 Å². The Hall–Kier alpha value is -3.22. The first-order valence-corrected chi connectivity index (χ1v) is 12.8. The highest BCUT2D eigenvalue weighted by molar-refractivity contribution is 5.56. The van der Waals surface area contributed by atoms with E-state index in [-0.39, 0.29) is 6.04 Å². The van der Waals surface area contributed by atoms with Gasteiger partial charge in [0.25, 0.3) is 0 Å². The quantitative estimate of drug-likeness (QED) is 0.375. The van der Waals surface area contributed by atoms with Gasteiger partial charge in [0, 0.05) is 18.7 Å². The minimum atomic E-state index is -0.0503. The molecule has 36 heavy (non-hydrogen) atoms. The van der Waals surface area contributed by atoms with Gasteiger partial charge in [-0.2, -0.15) is 0 Å². The summed E-state index contributed by atoms with van der Waals surface area (Å²) in [5.74, 6) is 3.03. The molecule has 0 bridgehead atoms. The fourth-order valence-corrected chi connectivity index (χ4v) is 4.74. The number of hydrogen-bond donors (Lipinski definition) is 1. The molecule has 0 saturated heterocycles. The van der Waals surface area contributed by atoms with Crippen molar-refractivity contribution in [1.82, 2.24) is 10.2 Å². The van der Waals surface area contributed by atoms with Crippen molar-refractivity contribution >= 4 is 0 Å². The number of benzene rings is 3. The van der Waals surface area contributed by atoms with Gasteiger partial charge in [0.15, 0.2) is 23.0 Å². The molecule has 1 aliphatic rings. The first-order chi connectivity index (χ1) is 17.7. The molecule has 6 nitrogen and oxygen atoms in total. The number of nitrogens with zero attached hydrogens (tertiary/aromatic N) is 1. The maximum atomic E-state index is 6.38. The number of hydrogen-bond acceptors (Lipinski definition) is 6. The van der Waals surface area contributed by atoms with Crippen LogP contribution in [0.2, 0.25) is 0 Å². The Bertz CT molecular complexity index is 1120. The van der Waals surface area contributed by atoms with Crippen molar-refractivity contribution in [2.75, 3.05) is 47.0 Å². The van der Waals surface area contributed by atoms with Crippen LogP contribution in [0.25, 0.3) is 0 Å². The van der Waals surface area contributed by atoms with Crippen LogP contribution in [0.5, 0.6) is 23.0 Å². The summed E-state index contributed by atoms with van der Waals surface area (Å²) in [6.45, 7) is 9.18. The molecule has 6 heteroatoms. The van der Waals surface area contributed by atoms with Gasteiger partial charge in [-0.25, -0.2) is 0 Å². The van der Waals surface area contributed by atoms with E-state index in [4.69, 9.17) is 18.9 Å². The third-order valence-electron chi connectivity index (χ3n) is 6.81. The van der Waals surface area contributed by atoms with Crippen LogP contribution in [0.15, 0.2) is 60.7 Å². The van der Waals surface area contributed by atoms with Gasteiger partial charge in [-0.1, -0.05) is 56.3 Å². The molecule has 0 aliphatic carbocycles. The molecule has 0 aromatic heterocycles. The van der Waals surface area contributed by atoms with Crippen molar-refractivity contribution in [2.45, 2.75) is 32.9 Å². The predicted molar refractivity (Wildman–Crippen MR) is 144 cm³/mol. The fraction of sp³-hybridized carbons (Fsp3) is 0.400. The number of methoxy groups -OCH3 is 2. The highest BCUT2D eigenvalue weighted by Gasteiger charge is 2.28. The van der Waals surface area contributed by atoms with Crippen LogP contribution in [0, 0.1) is 0 Å². The summed E-state index contributed by atoms with van der Waals surface area (Å²) in [6, 6.07) is 20.5. The van der Waals surface area contributed by atoms with Crippen molar-refractivity contribution < 1.29 is 18.9 Å². The summed E-state index contributed by atoms with van der Waals surface area (Å²) >= 11 is 0. The molecule has 0 saturated carbocycles. The summed E-state index contributed by atoms with van der Waals surface area (Å²) in [7, 11) is 3.39. The average molecular weight is 491 g/mol. The van der Waals surface area contributed by atoms with Crippen molar-refractivity contribution in [2.24, 2.45) is 0 Å². The Morgan fingerprint density at radius 1 is 0.833 bits per heavy atom. The Morgan fingerprint density at radius 2 is 1.61 bits per heavy atom. The van der Waals surface area contributed by atoms with Gasteiger partial charge in [-0.15, -0.1) is 0 Å². The molecule has 0 spiro atoms. The zero-order valence-electron chi connectivity index (χ0n) is 21.9. The minimum Gasteiger partial charge on any atom is -0.493 e. The van der Waals surface area contributed by atoms with E-state index in [0.29, 0.717) is 13.2 Å². The summed E-state index contributed by atoms with van der Waals surface area (Å²) in [4.78, 5) is 2.35. The molecule has 4 rings (SSSR count). The Morgan fingerprint density at radius 3 is 2.33 bits per heavy atom. The molecule has 1 atom stereocenters. The molecular formula is C30H38N2O4. The maximum absolute atomic E-state index is 6.38. The minimum absolute atomic E-state index is 0.0503. The lowest BCUT2D eigenvalue weighted by atomic mass is 9.88. The molecule has 1 unspecified atom stereocenters. The van der Waals surface area contributed by atoms with Crippen molar-refractivity contribution in [3.05, 3.63) is 82.9 Å². The van der Waals surface area contributed by atoms with E-state index < -0.39 is 0 Å². The number of fused-ring (bicyclic) bond motifs is 1. The van der Waals surface area contributed by atoms with Gasteiger partial charge in [0.1, 0.15) is 13.2 Å². The van der Waals surface area contributed by atoms with Crippen LogP contribution in [0.3, 0.4) is 0 Å². The predicted octanol–water partition coefficient (Wildman–Crippen LogP) is 5.24. The second-order valence-corrected chi connectivity index (χ2v) is 8.87. The normalized spacial score (nSPS) is 14.9. The lowest BCUT2D eigenvalue weighted by Gasteiger charge is -2.30. The zero-order chi connectivity index (χ0) is 25.3. The Balaban J connectivity index is 1.65. The van der Waals surface area contributed by atoms with E-state index in [1.165, 1.54) is 11.1 Å². The highest BCUT2D eigenvalue weighted by atomic mass is 16.5. The second-order valence-electron chi connectivity index (χ2n) is 8.87. The molecule has 0 fully saturated rings. The largest absolute Gasteiger partial charge is 0.493 e. The van der Waals surface area contributed by atoms with E-state index in [1.807, 2.05) is 30.3 Å². The summed E-state index contributed by atoms with van der Waals surface area (Å²) in [5.41, 5.74) is 4.59. The van der Waals surface area contributed by atoms with Crippen LogP contribution < -0.4 is 24.3 Å². The number of para-hydroxylation sites is 1. The lowest BCUT2D eigenvalue weighted by molar-refractivity contribution is 0.217. The molecule has 3 aromatic rings. The van der Waals surface area contributed by atoms with Crippen LogP contribution in [0.1, 0.15) is 42.1 Å². The SMILES string of the molecule is CCN(CC)CCOc1cc2c(cc1OC)CCNC2c1cccc(OC)c1OCc1ccccc1. The van der Waals surface area contributed by atoms with Gasteiger partial charge in [-0.05, 0) is 54.4 Å². The molecule has 0 radical (unpaired) electrons. The number of likely N-dealkylation sites (N-methyl/N-ethyl adjacent to an activating group) is 1. The zero-order valence-corrected chi connectivity index (χ0v) is 21.9. The van der Waals surface area contributed by atoms with Gasteiger partial charge in [0.05, 0.1) is 20.3 Å². The monoisotopic (exact) mass is 490 g/mol. The van der Waals surface area contributed by atoms with Gasteiger partial charge < -0.3 is 29.2 Å². The second kappa shape index (κ2) is 12.7. The van der Waals surface area contributed by atoms with Crippen LogP contribution in [0.4, 0.5) is 0 Å². The van der Waals surface area contributed by atoms with Crippen LogP contribution >= 0.6 is 0 Å². The standard InChI is InChI=1S/C30H38N2O4/c1-5-32(6-2)17-18-35-28-20-25-23(19-27(28)34-4)15-16-31-29(25)24-13-10-14-26(33-3)30(24)36-21-22-11-8-7-9-12-22/h7-14,19-20,29,31H,5-6,15-18,21H2,1-4H3. The van der Waals surface area contributed by atoms with E-state index in [1.54, 1.807) is 14.2 Å². The van der Waals surface area contributed by atoms with E-state index in [2.05, 4.69) is 54.4 Å². The van der Waals surface area contributed by atoms with Crippen LogP contribution in [-0.2, 0) is 13.0 Å². The number of nitrogens with one attached hydrogen (secondary N) is 1. The van der Waals surface area contributed by atoms with Gasteiger partial charge in [-0.3, -0.25) is 0 Å². The van der Waals surface area contributed by atoms with Crippen molar-refractivity contribution in [3.63, 3.8) is 0 Å². The van der Waals surface area contributed by atoms with Gasteiger partial charge in [0.2, 0.25) is 0 Å². The average Bonchev–Trinajstić information content (AvgIpc) is 2.93. The Kier molecular flexibility index (Phi) is 9.09. The molecular weight excluding hydrogens is 452 g/mol. The third kappa shape index (κ3) is 5.94. The van der Waals surface area contributed by atoms with E-state index in [9.17, 15) is 0 Å². The topological polar surface area (TPSA) is 52.2 Å². The maximum Gasteiger partial charge on any atom is 0.166 e. The number of rotatable bonds is 12. The summed E-state index contributed by atoms with van der Waals surface area (Å²) < 4.78 is 24.0. The number of ether oxygens (including phenoxy) is 4. The molecule has 1 aliphatic heterocycles. The van der Waals surface area contributed by atoms with Gasteiger partial charge >= 0.3 is 0 Å². The van der Waals surface area contributed by atoms with Crippen molar-refractivity contribution in [3.8, 4) is 23.0 Å². The molecule has 1 N–H and O–H groups in total. The summed E-state index contributed by atoms with van der Waals surface area (Å²) in [6.07, 6.45) is 0.923. The molecule has 1 heterocycles.